The molecule has 0 aliphatic carbocycles. The lowest BCUT2D eigenvalue weighted by Crippen LogP contribution is -2.41. The van der Waals surface area contributed by atoms with Crippen molar-refractivity contribution in [2.75, 3.05) is 6.61 Å². The van der Waals surface area contributed by atoms with E-state index in [1.165, 1.54) is 6.92 Å². The van der Waals surface area contributed by atoms with Crippen LogP contribution in [0.15, 0.2) is 13.2 Å². The van der Waals surface area contributed by atoms with Crippen molar-refractivity contribution >= 4 is 5.91 Å². The fourth-order valence-electron chi connectivity index (χ4n) is 1.14. The first-order valence-corrected chi connectivity index (χ1v) is 4.91. The summed E-state index contributed by atoms with van der Waals surface area (Å²) in [6.45, 7) is 7.24. The molecule has 0 spiro atoms. The number of aliphatic hydroxyl groups is 2. The summed E-state index contributed by atoms with van der Waals surface area (Å²) >= 11 is 0. The maximum Gasteiger partial charge on any atom is 0.214 e. The fourth-order valence-corrected chi connectivity index (χ4v) is 1.14. The minimum atomic E-state index is -0.416. The average Bonchev–Trinajstić information content (AvgIpc) is 2.18. The van der Waals surface area contributed by atoms with Gasteiger partial charge in [0.1, 0.15) is 6.23 Å². The Kier molecular flexibility index (Phi) is 11.5. The molecule has 3 unspecified atom stereocenters. The quantitative estimate of drug-likeness (QED) is 0.438. The zero-order valence-electron chi connectivity index (χ0n) is 9.63. The van der Waals surface area contributed by atoms with Crippen LogP contribution in [0.3, 0.4) is 0 Å². The molecule has 0 radical (unpaired) electrons. The lowest BCUT2D eigenvalue weighted by molar-refractivity contribution is -0.116. The summed E-state index contributed by atoms with van der Waals surface area (Å²) in [7, 11) is 0. The number of hydrogen-bond acceptors (Lipinski definition) is 5. The van der Waals surface area contributed by atoms with Crippen molar-refractivity contribution in [2.45, 2.75) is 38.2 Å². The third kappa shape index (κ3) is 11.1. The zero-order valence-corrected chi connectivity index (χ0v) is 9.63. The molecule has 1 aliphatic heterocycles. The van der Waals surface area contributed by atoms with E-state index in [9.17, 15) is 4.79 Å². The standard InChI is InChI=1S/C6H13NO3.C2H5NO.C2H4/c7-6-2-4(9)1-5(3-8)10-6;1-2(3)4;1-2/h4-6,8-9H,1-3,7H2;1H3,(H2,3,4);1-2H2. The van der Waals surface area contributed by atoms with Crippen LogP contribution in [0.5, 0.6) is 0 Å². The van der Waals surface area contributed by atoms with Crippen LogP contribution in [0.25, 0.3) is 0 Å². The average molecular weight is 234 g/mol. The van der Waals surface area contributed by atoms with Gasteiger partial charge in [0.25, 0.3) is 0 Å². The molecule has 1 amide bonds. The Morgan fingerprint density at radius 2 is 1.94 bits per heavy atom. The highest BCUT2D eigenvalue weighted by Crippen LogP contribution is 2.15. The van der Waals surface area contributed by atoms with Gasteiger partial charge in [0.2, 0.25) is 5.91 Å². The maximum absolute atomic E-state index is 9.22. The van der Waals surface area contributed by atoms with Crippen molar-refractivity contribution in [3.63, 3.8) is 0 Å². The predicted octanol–water partition coefficient (Wildman–Crippen LogP) is -0.903. The molecule has 0 aromatic rings. The van der Waals surface area contributed by atoms with E-state index in [0.717, 1.165) is 0 Å². The van der Waals surface area contributed by atoms with Gasteiger partial charge in [-0.2, -0.15) is 0 Å². The molecule has 6 heteroatoms. The number of carbonyl (C=O) groups excluding carboxylic acids is 1. The van der Waals surface area contributed by atoms with Crippen LogP contribution in [0, 0.1) is 0 Å². The highest BCUT2D eigenvalue weighted by Gasteiger charge is 2.24. The summed E-state index contributed by atoms with van der Waals surface area (Å²) in [5.41, 5.74) is 9.87. The number of ether oxygens (including phenoxy) is 1. The monoisotopic (exact) mass is 234 g/mol. The van der Waals surface area contributed by atoms with E-state index in [0.29, 0.717) is 12.8 Å². The summed E-state index contributed by atoms with van der Waals surface area (Å²) < 4.78 is 5.07. The van der Waals surface area contributed by atoms with Crippen molar-refractivity contribution in [3.05, 3.63) is 13.2 Å². The Bertz CT molecular complexity index is 176. The van der Waals surface area contributed by atoms with Gasteiger partial charge in [-0.1, -0.05) is 0 Å². The first kappa shape index (κ1) is 17.4. The fraction of sp³-hybridized carbons (Fsp3) is 0.700. The van der Waals surface area contributed by atoms with Gasteiger partial charge in [0.05, 0.1) is 18.8 Å². The van der Waals surface area contributed by atoms with Gasteiger partial charge in [0.15, 0.2) is 0 Å². The van der Waals surface area contributed by atoms with Crippen molar-refractivity contribution in [1.82, 2.24) is 0 Å². The smallest absolute Gasteiger partial charge is 0.214 e. The second-order valence-corrected chi connectivity index (χ2v) is 3.21. The van der Waals surface area contributed by atoms with E-state index >= 15 is 0 Å². The number of carbonyl (C=O) groups is 1. The van der Waals surface area contributed by atoms with Gasteiger partial charge >= 0.3 is 0 Å². The predicted molar refractivity (Wildman–Crippen MR) is 61.3 cm³/mol. The highest BCUT2D eigenvalue weighted by molar-refractivity contribution is 5.70. The molecule has 6 N–H and O–H groups in total. The third-order valence-corrected chi connectivity index (χ3v) is 1.61. The topological polar surface area (TPSA) is 119 Å². The van der Waals surface area contributed by atoms with E-state index in [2.05, 4.69) is 18.9 Å². The molecule has 0 aromatic heterocycles. The van der Waals surface area contributed by atoms with E-state index < -0.39 is 12.3 Å². The van der Waals surface area contributed by atoms with Gasteiger partial charge in [-0.05, 0) is 0 Å². The Morgan fingerprint density at radius 3 is 2.25 bits per heavy atom. The minimum absolute atomic E-state index is 0.0647. The molecular formula is C10H22N2O4. The summed E-state index contributed by atoms with van der Waals surface area (Å²) in [5, 5.41) is 17.7. The van der Waals surface area contributed by atoms with Crippen molar-refractivity contribution in [3.8, 4) is 0 Å². The second-order valence-electron chi connectivity index (χ2n) is 3.21. The summed E-state index contributed by atoms with van der Waals surface area (Å²) in [6, 6.07) is 0. The molecule has 6 nitrogen and oxygen atoms in total. The van der Waals surface area contributed by atoms with Crippen LogP contribution in [-0.2, 0) is 9.53 Å². The number of aliphatic hydroxyl groups excluding tert-OH is 2. The van der Waals surface area contributed by atoms with Gasteiger partial charge in [-0.3, -0.25) is 4.79 Å². The normalized spacial score (nSPS) is 27.9. The van der Waals surface area contributed by atoms with Crippen LogP contribution in [-0.4, -0.2) is 41.2 Å². The Hall–Kier alpha value is -0.950. The van der Waals surface area contributed by atoms with Crippen LogP contribution in [0.2, 0.25) is 0 Å². The molecule has 1 rings (SSSR count). The summed E-state index contributed by atoms with van der Waals surface area (Å²) in [4.78, 5) is 9.22. The molecule has 96 valence electrons. The molecule has 16 heavy (non-hydrogen) atoms. The third-order valence-electron chi connectivity index (χ3n) is 1.61. The van der Waals surface area contributed by atoms with Gasteiger partial charge in [-0.15, -0.1) is 13.2 Å². The van der Waals surface area contributed by atoms with Crippen molar-refractivity contribution in [1.29, 1.82) is 0 Å². The molecule has 1 heterocycles. The van der Waals surface area contributed by atoms with Crippen LogP contribution < -0.4 is 11.5 Å². The van der Waals surface area contributed by atoms with Gasteiger partial charge in [0, 0.05) is 19.8 Å². The SMILES string of the molecule is C=C.CC(N)=O.NC1CC(O)CC(CO)O1. The van der Waals surface area contributed by atoms with Crippen LogP contribution in [0.1, 0.15) is 19.8 Å². The van der Waals surface area contributed by atoms with Crippen LogP contribution in [0.4, 0.5) is 0 Å². The van der Waals surface area contributed by atoms with E-state index in [1.54, 1.807) is 0 Å². The number of hydrogen-bond donors (Lipinski definition) is 4. The molecule has 0 aromatic carbocycles. The summed E-state index contributed by atoms with van der Waals surface area (Å²) in [6.07, 6.45) is -0.152. The number of rotatable bonds is 1. The summed E-state index contributed by atoms with van der Waals surface area (Å²) in [5.74, 6) is -0.333. The minimum Gasteiger partial charge on any atom is -0.394 e. The molecule has 1 saturated heterocycles. The number of amides is 1. The Morgan fingerprint density at radius 1 is 1.50 bits per heavy atom. The molecule has 3 atom stereocenters. The van der Waals surface area contributed by atoms with Gasteiger partial charge in [-0.25, -0.2) is 0 Å². The highest BCUT2D eigenvalue weighted by atomic mass is 16.5. The molecule has 1 fully saturated rings. The lowest BCUT2D eigenvalue weighted by Gasteiger charge is -2.29. The number of primary amides is 1. The molecular weight excluding hydrogens is 212 g/mol. The van der Waals surface area contributed by atoms with Gasteiger partial charge < -0.3 is 26.4 Å². The first-order valence-electron chi connectivity index (χ1n) is 4.91. The molecule has 1 aliphatic rings. The van der Waals surface area contributed by atoms with Crippen molar-refractivity contribution < 1.29 is 19.7 Å². The molecule has 0 saturated carbocycles. The first-order chi connectivity index (χ1) is 7.45. The van der Waals surface area contributed by atoms with Crippen molar-refractivity contribution in [2.24, 2.45) is 11.5 Å². The van der Waals surface area contributed by atoms with E-state index in [1.807, 2.05) is 0 Å². The number of nitrogens with two attached hydrogens (primary N) is 2. The molecule has 0 bridgehead atoms. The Balaban J connectivity index is 0. The lowest BCUT2D eigenvalue weighted by atomic mass is 10.1. The second kappa shape index (κ2) is 10.6. The van der Waals surface area contributed by atoms with E-state index in [-0.39, 0.29) is 18.6 Å². The van der Waals surface area contributed by atoms with Crippen LogP contribution >= 0.6 is 0 Å². The van der Waals surface area contributed by atoms with E-state index in [4.69, 9.17) is 20.7 Å². The zero-order chi connectivity index (χ0) is 13.1. The Labute approximate surface area is 95.9 Å². The maximum atomic E-state index is 9.22. The largest absolute Gasteiger partial charge is 0.394 e.